The maximum Gasteiger partial charge on any atom is 0.279 e. The van der Waals surface area contributed by atoms with E-state index in [1.807, 2.05) is 30.3 Å². The summed E-state index contributed by atoms with van der Waals surface area (Å²) in [5.41, 5.74) is 2.14. The molecule has 1 aliphatic rings. The van der Waals surface area contributed by atoms with Gasteiger partial charge in [0.15, 0.2) is 0 Å². The van der Waals surface area contributed by atoms with Crippen LogP contribution >= 0.6 is 0 Å². The van der Waals surface area contributed by atoms with Crippen LogP contribution in [0.3, 0.4) is 0 Å². The minimum Gasteiger partial charge on any atom is -0.360 e. The van der Waals surface area contributed by atoms with Crippen molar-refractivity contribution in [1.29, 1.82) is 0 Å². The number of carbonyl (C=O) groups excluding carboxylic acids is 2. The second-order valence-electron chi connectivity index (χ2n) is 7.25. The van der Waals surface area contributed by atoms with E-state index in [9.17, 15) is 19.7 Å². The van der Waals surface area contributed by atoms with Gasteiger partial charge in [0, 0.05) is 38.3 Å². The number of aromatic amines is 1. The Bertz CT molecular complexity index is 1180. The monoisotopic (exact) mass is 404 g/mol. The Labute approximate surface area is 172 Å². The van der Waals surface area contributed by atoms with Crippen molar-refractivity contribution in [3.05, 3.63) is 81.7 Å². The van der Waals surface area contributed by atoms with E-state index < -0.39 is 11.0 Å². The molecule has 1 atom stereocenters. The van der Waals surface area contributed by atoms with Crippen LogP contribution in [0.1, 0.15) is 11.1 Å². The van der Waals surface area contributed by atoms with Crippen LogP contribution in [0, 0.1) is 10.1 Å². The maximum atomic E-state index is 13.1. The van der Waals surface area contributed by atoms with Crippen molar-refractivity contribution < 1.29 is 14.5 Å². The molecule has 1 unspecified atom stereocenters. The van der Waals surface area contributed by atoms with Gasteiger partial charge in [-0.05, 0) is 17.7 Å². The number of rotatable bonds is 4. The van der Waals surface area contributed by atoms with E-state index in [4.69, 9.17) is 0 Å². The Kier molecular flexibility index (Phi) is 4.83. The van der Waals surface area contributed by atoms with Crippen molar-refractivity contribution in [2.45, 2.75) is 12.5 Å². The summed E-state index contributed by atoms with van der Waals surface area (Å²) in [5.74, 6) is -0.521. The second kappa shape index (κ2) is 7.47. The first-order chi connectivity index (χ1) is 14.4. The molecule has 0 radical (unpaired) electrons. The van der Waals surface area contributed by atoms with Gasteiger partial charge in [-0.1, -0.05) is 36.4 Å². The normalized spacial score (nSPS) is 18.5. The molecule has 3 aromatic rings. The van der Waals surface area contributed by atoms with E-state index in [1.165, 1.54) is 21.9 Å². The van der Waals surface area contributed by atoms with Crippen molar-refractivity contribution in [3.8, 4) is 0 Å². The van der Waals surface area contributed by atoms with Gasteiger partial charge in [-0.15, -0.1) is 0 Å². The lowest BCUT2D eigenvalue weighted by Gasteiger charge is -2.38. The number of piperazine rings is 1. The third kappa shape index (κ3) is 3.22. The fraction of sp³-hybridized carbons (Fsp3) is 0.182. The second-order valence-corrected chi connectivity index (χ2v) is 7.25. The van der Waals surface area contributed by atoms with Crippen molar-refractivity contribution in [3.63, 3.8) is 0 Å². The van der Waals surface area contributed by atoms with Crippen LogP contribution in [0.4, 0.5) is 5.69 Å². The largest absolute Gasteiger partial charge is 0.360 e. The summed E-state index contributed by atoms with van der Waals surface area (Å²) in [6, 6.07) is 13.6. The van der Waals surface area contributed by atoms with Crippen LogP contribution in [0.5, 0.6) is 0 Å². The van der Waals surface area contributed by atoms with Crippen LogP contribution in [0.25, 0.3) is 17.0 Å². The van der Waals surface area contributed by atoms with E-state index in [-0.39, 0.29) is 23.2 Å². The predicted octanol–water partition coefficient (Wildman–Crippen LogP) is 2.96. The van der Waals surface area contributed by atoms with E-state index >= 15 is 0 Å². The molecule has 1 aliphatic heterocycles. The van der Waals surface area contributed by atoms with Crippen LogP contribution in [0.15, 0.2) is 60.4 Å². The summed E-state index contributed by atoms with van der Waals surface area (Å²) >= 11 is 0. The molecular formula is C22H20N4O4. The van der Waals surface area contributed by atoms with Crippen LogP contribution in [0.2, 0.25) is 0 Å². The molecule has 1 N–H and O–H groups in total. The van der Waals surface area contributed by atoms with Gasteiger partial charge in [-0.25, -0.2) is 0 Å². The smallest absolute Gasteiger partial charge is 0.279 e. The maximum absolute atomic E-state index is 13.1. The fourth-order valence-corrected chi connectivity index (χ4v) is 3.80. The number of nitro benzene ring substituents is 1. The molecule has 2 heterocycles. The Morgan fingerprint density at radius 3 is 2.53 bits per heavy atom. The number of benzene rings is 2. The van der Waals surface area contributed by atoms with Gasteiger partial charge in [0.2, 0.25) is 5.91 Å². The fourth-order valence-electron chi connectivity index (χ4n) is 3.80. The molecule has 8 heteroatoms. The summed E-state index contributed by atoms with van der Waals surface area (Å²) in [4.78, 5) is 42.9. The minimum atomic E-state index is -0.612. The molecule has 1 fully saturated rings. The summed E-state index contributed by atoms with van der Waals surface area (Å²) < 4.78 is 0. The lowest BCUT2D eigenvalue weighted by atomic mass is 10.00. The van der Waals surface area contributed by atoms with Gasteiger partial charge in [0.25, 0.3) is 11.6 Å². The van der Waals surface area contributed by atoms with Crippen molar-refractivity contribution in [2.75, 3.05) is 14.1 Å². The zero-order valence-corrected chi connectivity index (χ0v) is 16.5. The standard InChI is InChI=1S/C22H20N4O4/c1-24-18(11-14-7-4-3-5-8-14)21(27)25(2)19(22(24)28)12-15-13-23-16-9-6-10-17(20(15)16)26(29)30/h3-10,12-13,18,23H,11H2,1-2H3. The van der Waals surface area contributed by atoms with Gasteiger partial charge >= 0.3 is 0 Å². The highest BCUT2D eigenvalue weighted by Crippen LogP contribution is 2.31. The average Bonchev–Trinajstić information content (AvgIpc) is 3.16. The Hall–Kier alpha value is -3.94. The van der Waals surface area contributed by atoms with Gasteiger partial charge in [0.1, 0.15) is 11.7 Å². The Balaban J connectivity index is 1.72. The summed E-state index contributed by atoms with van der Waals surface area (Å²) in [5, 5.41) is 11.8. The number of hydrogen-bond acceptors (Lipinski definition) is 4. The number of hydrogen-bond donors (Lipinski definition) is 1. The minimum absolute atomic E-state index is 0.0619. The average molecular weight is 404 g/mol. The first-order valence-corrected chi connectivity index (χ1v) is 9.43. The van der Waals surface area contributed by atoms with Gasteiger partial charge in [-0.3, -0.25) is 19.7 Å². The topological polar surface area (TPSA) is 99.6 Å². The molecule has 4 rings (SSSR count). The molecule has 152 valence electrons. The lowest BCUT2D eigenvalue weighted by Crippen LogP contribution is -2.56. The molecule has 1 aromatic heterocycles. The molecule has 0 bridgehead atoms. The Morgan fingerprint density at radius 1 is 1.10 bits per heavy atom. The lowest BCUT2D eigenvalue weighted by molar-refractivity contribution is -0.383. The molecule has 2 aromatic carbocycles. The number of nitrogens with one attached hydrogen (secondary N) is 1. The third-order valence-corrected chi connectivity index (χ3v) is 5.46. The number of aromatic nitrogens is 1. The zero-order valence-electron chi connectivity index (χ0n) is 16.5. The third-order valence-electron chi connectivity index (χ3n) is 5.46. The van der Waals surface area contributed by atoms with Crippen molar-refractivity contribution in [2.24, 2.45) is 0 Å². The van der Waals surface area contributed by atoms with Crippen LogP contribution in [-0.4, -0.2) is 51.7 Å². The quantitative estimate of drug-likeness (QED) is 0.410. The van der Waals surface area contributed by atoms with Crippen LogP contribution in [-0.2, 0) is 16.0 Å². The first kappa shape index (κ1) is 19.4. The summed E-state index contributed by atoms with van der Waals surface area (Å²) in [7, 11) is 3.16. The molecule has 1 saturated heterocycles. The zero-order chi connectivity index (χ0) is 21.4. The number of nitrogens with zero attached hydrogens (tertiary/aromatic N) is 3. The van der Waals surface area contributed by atoms with E-state index in [0.29, 0.717) is 22.9 Å². The number of nitro groups is 1. The molecular weight excluding hydrogens is 384 g/mol. The highest BCUT2D eigenvalue weighted by molar-refractivity contribution is 6.09. The number of amides is 2. The molecule has 2 amide bonds. The van der Waals surface area contributed by atoms with Crippen molar-refractivity contribution in [1.82, 2.24) is 14.8 Å². The molecule has 0 saturated carbocycles. The summed E-state index contributed by atoms with van der Waals surface area (Å²) in [6.07, 6.45) is 3.55. The van der Waals surface area contributed by atoms with Gasteiger partial charge in [-0.2, -0.15) is 0 Å². The SMILES string of the molecule is CN1C(=O)C(Cc2ccccc2)N(C)C(=O)C1=Cc1c[nH]c2cccc([N+](=O)[O-])c12. The molecule has 0 spiro atoms. The number of carbonyl (C=O) groups is 2. The molecule has 0 aliphatic carbocycles. The van der Waals surface area contributed by atoms with E-state index in [0.717, 1.165) is 5.56 Å². The Morgan fingerprint density at radius 2 is 1.83 bits per heavy atom. The number of H-pyrrole nitrogens is 1. The first-order valence-electron chi connectivity index (χ1n) is 9.43. The van der Waals surface area contributed by atoms with Crippen LogP contribution < -0.4 is 0 Å². The predicted molar refractivity (Wildman–Crippen MR) is 112 cm³/mol. The molecule has 30 heavy (non-hydrogen) atoms. The van der Waals surface area contributed by atoms with Gasteiger partial charge < -0.3 is 14.8 Å². The van der Waals surface area contributed by atoms with Crippen molar-refractivity contribution >= 4 is 34.5 Å². The number of non-ortho nitro benzene ring substituents is 1. The van der Waals surface area contributed by atoms with E-state index in [1.54, 1.807) is 32.4 Å². The van der Waals surface area contributed by atoms with E-state index in [2.05, 4.69) is 4.98 Å². The highest BCUT2D eigenvalue weighted by atomic mass is 16.6. The molecule has 8 nitrogen and oxygen atoms in total. The number of fused-ring (bicyclic) bond motifs is 1. The number of likely N-dealkylation sites (N-methyl/N-ethyl adjacent to an activating group) is 2. The highest BCUT2D eigenvalue weighted by Gasteiger charge is 2.39. The van der Waals surface area contributed by atoms with Gasteiger partial charge in [0.05, 0.1) is 15.8 Å². The summed E-state index contributed by atoms with van der Waals surface area (Å²) in [6.45, 7) is 0.